The molecule has 2 heterocycles. The SMILES string of the molecule is CC(C)C[C@H](NC(=O)Cn1cnc2sccc2c1=O)C(=O)O. The number of aliphatic carboxylic acids is 1. The van der Waals surface area contributed by atoms with Crippen molar-refractivity contribution in [3.8, 4) is 0 Å². The van der Waals surface area contributed by atoms with Crippen molar-refractivity contribution < 1.29 is 14.7 Å². The summed E-state index contributed by atoms with van der Waals surface area (Å²) < 4.78 is 1.18. The van der Waals surface area contributed by atoms with E-state index in [2.05, 4.69) is 10.3 Å². The maximum Gasteiger partial charge on any atom is 0.326 e. The molecule has 118 valence electrons. The monoisotopic (exact) mass is 323 g/mol. The average molecular weight is 323 g/mol. The minimum atomic E-state index is -1.08. The molecular formula is C14H17N3O4S. The molecule has 0 radical (unpaired) electrons. The van der Waals surface area contributed by atoms with Crippen LogP contribution in [0.15, 0.2) is 22.6 Å². The van der Waals surface area contributed by atoms with Gasteiger partial charge in [-0.3, -0.25) is 14.2 Å². The van der Waals surface area contributed by atoms with Gasteiger partial charge in [0.2, 0.25) is 5.91 Å². The van der Waals surface area contributed by atoms with Crippen molar-refractivity contribution in [2.45, 2.75) is 32.9 Å². The number of fused-ring (bicyclic) bond motifs is 1. The summed E-state index contributed by atoms with van der Waals surface area (Å²) in [6, 6.07) is 0.698. The number of carbonyl (C=O) groups excluding carboxylic acids is 1. The molecule has 0 unspecified atom stereocenters. The number of hydrogen-bond acceptors (Lipinski definition) is 5. The molecule has 1 amide bonds. The lowest BCUT2D eigenvalue weighted by Crippen LogP contribution is -2.44. The van der Waals surface area contributed by atoms with Crippen LogP contribution in [0.1, 0.15) is 20.3 Å². The molecule has 0 bridgehead atoms. The van der Waals surface area contributed by atoms with Crippen molar-refractivity contribution in [2.24, 2.45) is 5.92 Å². The van der Waals surface area contributed by atoms with E-state index < -0.39 is 17.9 Å². The van der Waals surface area contributed by atoms with Gasteiger partial charge in [0.05, 0.1) is 11.7 Å². The summed E-state index contributed by atoms with van der Waals surface area (Å²) in [5.74, 6) is -1.47. The molecule has 0 saturated heterocycles. The lowest BCUT2D eigenvalue weighted by Gasteiger charge is -2.16. The molecule has 0 fully saturated rings. The summed E-state index contributed by atoms with van der Waals surface area (Å²) in [5.41, 5.74) is -0.308. The van der Waals surface area contributed by atoms with Gasteiger partial charge in [-0.1, -0.05) is 13.8 Å². The standard InChI is InChI=1S/C14H17N3O4S/c1-8(2)5-10(14(20)21)16-11(18)6-17-7-15-12-9(13(17)19)3-4-22-12/h3-4,7-8,10H,5-6H2,1-2H3,(H,16,18)(H,20,21)/t10-/m0/s1. The number of hydrogen-bond donors (Lipinski definition) is 2. The summed E-state index contributed by atoms with van der Waals surface area (Å²) in [7, 11) is 0. The Labute approximate surface area is 130 Å². The predicted octanol–water partition coefficient (Wildman–Crippen LogP) is 1.07. The minimum absolute atomic E-state index is 0.132. The Morgan fingerprint density at radius 1 is 1.45 bits per heavy atom. The van der Waals surface area contributed by atoms with Gasteiger partial charge in [0.15, 0.2) is 0 Å². The zero-order chi connectivity index (χ0) is 16.3. The van der Waals surface area contributed by atoms with E-state index in [0.717, 1.165) is 0 Å². The maximum atomic E-state index is 12.2. The summed E-state index contributed by atoms with van der Waals surface area (Å²) in [4.78, 5) is 40.0. The molecule has 0 aliphatic heterocycles. The van der Waals surface area contributed by atoms with Crippen molar-refractivity contribution in [3.05, 3.63) is 28.1 Å². The minimum Gasteiger partial charge on any atom is -0.480 e. The van der Waals surface area contributed by atoms with Crippen LogP contribution in [0.5, 0.6) is 0 Å². The van der Waals surface area contributed by atoms with Crippen molar-refractivity contribution in [3.63, 3.8) is 0 Å². The third-order valence-corrected chi connectivity index (χ3v) is 3.93. The number of rotatable bonds is 6. The number of carbonyl (C=O) groups is 2. The molecule has 22 heavy (non-hydrogen) atoms. The van der Waals surface area contributed by atoms with Crippen LogP contribution in [0.4, 0.5) is 0 Å². The second kappa shape index (κ2) is 6.69. The molecular weight excluding hydrogens is 306 g/mol. The third kappa shape index (κ3) is 3.70. The first-order valence-electron chi connectivity index (χ1n) is 6.83. The van der Waals surface area contributed by atoms with Gasteiger partial charge in [-0.2, -0.15) is 0 Å². The molecule has 0 aliphatic rings. The van der Waals surface area contributed by atoms with Gasteiger partial charge in [0, 0.05) is 0 Å². The van der Waals surface area contributed by atoms with Gasteiger partial charge >= 0.3 is 5.97 Å². The van der Waals surface area contributed by atoms with E-state index in [1.165, 1.54) is 22.2 Å². The molecule has 0 saturated carbocycles. The van der Waals surface area contributed by atoms with Crippen LogP contribution >= 0.6 is 11.3 Å². The topological polar surface area (TPSA) is 101 Å². The van der Waals surface area contributed by atoms with Crippen molar-refractivity contribution in [1.82, 2.24) is 14.9 Å². The van der Waals surface area contributed by atoms with Gasteiger partial charge in [0.1, 0.15) is 17.4 Å². The van der Waals surface area contributed by atoms with Crippen LogP contribution < -0.4 is 10.9 Å². The molecule has 2 rings (SSSR count). The zero-order valence-electron chi connectivity index (χ0n) is 12.3. The predicted molar refractivity (Wildman–Crippen MR) is 82.9 cm³/mol. The van der Waals surface area contributed by atoms with Crippen LogP contribution in [0.2, 0.25) is 0 Å². The first-order chi connectivity index (χ1) is 10.4. The van der Waals surface area contributed by atoms with Crippen LogP contribution in [0, 0.1) is 5.92 Å². The van der Waals surface area contributed by atoms with Crippen LogP contribution in [0.3, 0.4) is 0 Å². The highest BCUT2D eigenvalue weighted by Gasteiger charge is 2.21. The molecule has 8 heteroatoms. The average Bonchev–Trinajstić information content (AvgIpc) is 2.90. The Morgan fingerprint density at radius 2 is 2.18 bits per heavy atom. The zero-order valence-corrected chi connectivity index (χ0v) is 13.1. The Hall–Kier alpha value is -2.22. The van der Waals surface area contributed by atoms with Gasteiger partial charge in [-0.15, -0.1) is 11.3 Å². The van der Waals surface area contributed by atoms with E-state index >= 15 is 0 Å². The fourth-order valence-corrected chi connectivity index (χ4v) is 2.82. The molecule has 0 aliphatic carbocycles. The number of thiophene rings is 1. The third-order valence-electron chi connectivity index (χ3n) is 3.10. The summed E-state index contributed by atoms with van der Waals surface area (Å²) in [5, 5.41) is 13.8. The first kappa shape index (κ1) is 16.2. The Kier molecular flexibility index (Phi) is 4.92. The van der Waals surface area contributed by atoms with Gasteiger partial charge < -0.3 is 10.4 Å². The molecule has 0 aromatic carbocycles. The van der Waals surface area contributed by atoms with Gasteiger partial charge in [-0.25, -0.2) is 9.78 Å². The smallest absolute Gasteiger partial charge is 0.326 e. The number of nitrogens with one attached hydrogen (secondary N) is 1. The Bertz CT molecular complexity index is 750. The largest absolute Gasteiger partial charge is 0.480 e. The van der Waals surface area contributed by atoms with E-state index in [4.69, 9.17) is 5.11 Å². The first-order valence-corrected chi connectivity index (χ1v) is 7.71. The molecule has 1 atom stereocenters. The van der Waals surface area contributed by atoms with Gasteiger partial charge in [-0.05, 0) is 23.8 Å². The van der Waals surface area contributed by atoms with E-state index in [-0.39, 0.29) is 18.0 Å². The van der Waals surface area contributed by atoms with Crippen LogP contribution in [-0.2, 0) is 16.1 Å². The Balaban J connectivity index is 2.11. The summed E-state index contributed by atoms with van der Waals surface area (Å²) >= 11 is 1.35. The highest BCUT2D eigenvalue weighted by atomic mass is 32.1. The van der Waals surface area contributed by atoms with Crippen molar-refractivity contribution in [2.75, 3.05) is 0 Å². The normalized spacial score (nSPS) is 12.5. The summed E-state index contributed by atoms with van der Waals surface area (Å²) in [6.45, 7) is 3.50. The lowest BCUT2D eigenvalue weighted by atomic mass is 10.0. The van der Waals surface area contributed by atoms with E-state index in [0.29, 0.717) is 16.6 Å². The summed E-state index contributed by atoms with van der Waals surface area (Å²) in [6.07, 6.45) is 1.64. The second-order valence-electron chi connectivity index (χ2n) is 5.40. The number of carboxylic acids is 1. The van der Waals surface area contributed by atoms with Crippen LogP contribution in [0.25, 0.3) is 10.2 Å². The van der Waals surface area contributed by atoms with Crippen LogP contribution in [-0.4, -0.2) is 32.6 Å². The Morgan fingerprint density at radius 3 is 2.82 bits per heavy atom. The number of amides is 1. The molecule has 2 aromatic rings. The fourth-order valence-electron chi connectivity index (χ4n) is 2.09. The van der Waals surface area contributed by atoms with E-state index in [1.807, 2.05) is 13.8 Å². The van der Waals surface area contributed by atoms with Crippen molar-refractivity contribution in [1.29, 1.82) is 0 Å². The maximum absolute atomic E-state index is 12.2. The number of carboxylic acid groups (broad SMARTS) is 1. The van der Waals surface area contributed by atoms with Gasteiger partial charge in [0.25, 0.3) is 5.56 Å². The highest BCUT2D eigenvalue weighted by molar-refractivity contribution is 7.16. The fraction of sp³-hybridized carbons (Fsp3) is 0.429. The number of aromatic nitrogens is 2. The van der Waals surface area contributed by atoms with E-state index in [1.54, 1.807) is 11.4 Å². The molecule has 7 nitrogen and oxygen atoms in total. The number of nitrogens with zero attached hydrogens (tertiary/aromatic N) is 2. The highest BCUT2D eigenvalue weighted by Crippen LogP contribution is 2.13. The lowest BCUT2D eigenvalue weighted by molar-refractivity contribution is -0.142. The quantitative estimate of drug-likeness (QED) is 0.828. The molecule has 2 aromatic heterocycles. The van der Waals surface area contributed by atoms with Crippen molar-refractivity contribution >= 4 is 33.4 Å². The second-order valence-corrected chi connectivity index (χ2v) is 6.30. The molecule has 0 spiro atoms. The molecule has 2 N–H and O–H groups in total. The van der Waals surface area contributed by atoms with E-state index in [9.17, 15) is 14.4 Å².